The first kappa shape index (κ1) is 16.0. The van der Waals surface area contributed by atoms with Crippen molar-refractivity contribution >= 4 is 11.9 Å². The van der Waals surface area contributed by atoms with E-state index in [1.807, 2.05) is 0 Å². The van der Waals surface area contributed by atoms with E-state index in [4.69, 9.17) is 9.47 Å². The number of benzene rings is 1. The van der Waals surface area contributed by atoms with Crippen LogP contribution >= 0.6 is 0 Å². The number of hydrogen-bond donors (Lipinski definition) is 0. The third-order valence-corrected chi connectivity index (χ3v) is 2.67. The average Bonchev–Trinajstić information content (AvgIpc) is 2.44. The highest BCUT2D eigenvalue weighted by molar-refractivity contribution is 5.89. The summed E-state index contributed by atoms with van der Waals surface area (Å²) in [4.78, 5) is 24.4. The van der Waals surface area contributed by atoms with Crippen LogP contribution in [-0.2, 0) is 9.53 Å². The molecule has 0 radical (unpaired) electrons. The van der Waals surface area contributed by atoms with Crippen LogP contribution in [0.4, 0.5) is 0 Å². The molecule has 5 heteroatoms. The van der Waals surface area contributed by atoms with Crippen molar-refractivity contribution in [1.29, 1.82) is 0 Å². The van der Waals surface area contributed by atoms with Crippen LogP contribution in [0, 0.1) is 0 Å². The van der Waals surface area contributed by atoms with Gasteiger partial charge in [-0.1, -0.05) is 0 Å². The van der Waals surface area contributed by atoms with Crippen LogP contribution in [0.5, 0.6) is 5.75 Å². The lowest BCUT2D eigenvalue weighted by Gasteiger charge is -2.10. The molecule has 0 aromatic heterocycles. The average molecular weight is 279 g/mol. The zero-order valence-corrected chi connectivity index (χ0v) is 12.2. The van der Waals surface area contributed by atoms with Crippen molar-refractivity contribution in [3.63, 3.8) is 0 Å². The van der Waals surface area contributed by atoms with E-state index in [2.05, 4.69) is 0 Å². The molecule has 20 heavy (non-hydrogen) atoms. The summed E-state index contributed by atoms with van der Waals surface area (Å²) >= 11 is 0. The number of esters is 1. The van der Waals surface area contributed by atoms with Gasteiger partial charge >= 0.3 is 5.97 Å². The SMILES string of the molecule is CCOC(=O)c1ccc(OCCCC(=O)N(C)C)cc1. The van der Waals surface area contributed by atoms with Crippen molar-refractivity contribution in [3.8, 4) is 5.75 Å². The zero-order valence-electron chi connectivity index (χ0n) is 12.2. The van der Waals surface area contributed by atoms with Crippen molar-refractivity contribution in [1.82, 2.24) is 4.90 Å². The highest BCUT2D eigenvalue weighted by Gasteiger charge is 2.06. The first-order valence-electron chi connectivity index (χ1n) is 6.64. The van der Waals surface area contributed by atoms with E-state index in [1.54, 1.807) is 50.2 Å². The molecule has 0 N–H and O–H groups in total. The van der Waals surface area contributed by atoms with Gasteiger partial charge in [-0.25, -0.2) is 4.79 Å². The predicted octanol–water partition coefficient (Wildman–Crippen LogP) is 2.11. The van der Waals surface area contributed by atoms with Crippen molar-refractivity contribution in [3.05, 3.63) is 29.8 Å². The van der Waals surface area contributed by atoms with Gasteiger partial charge in [0.25, 0.3) is 0 Å². The van der Waals surface area contributed by atoms with E-state index in [1.165, 1.54) is 0 Å². The Morgan fingerprint density at radius 2 is 1.80 bits per heavy atom. The minimum Gasteiger partial charge on any atom is -0.494 e. The standard InChI is InChI=1S/C15H21NO4/c1-4-19-15(18)12-7-9-13(10-8-12)20-11-5-6-14(17)16(2)3/h7-10H,4-6,11H2,1-3H3. The molecule has 0 unspecified atom stereocenters. The summed E-state index contributed by atoms with van der Waals surface area (Å²) in [6.07, 6.45) is 1.13. The largest absolute Gasteiger partial charge is 0.494 e. The van der Waals surface area contributed by atoms with E-state index in [0.29, 0.717) is 37.4 Å². The Balaban J connectivity index is 2.35. The molecule has 0 saturated heterocycles. The monoisotopic (exact) mass is 279 g/mol. The van der Waals surface area contributed by atoms with Gasteiger partial charge in [-0.15, -0.1) is 0 Å². The molecule has 0 aliphatic heterocycles. The molecule has 1 aromatic carbocycles. The lowest BCUT2D eigenvalue weighted by Crippen LogP contribution is -2.21. The van der Waals surface area contributed by atoms with E-state index >= 15 is 0 Å². The zero-order chi connectivity index (χ0) is 15.0. The van der Waals surface area contributed by atoms with Crippen LogP contribution in [0.2, 0.25) is 0 Å². The van der Waals surface area contributed by atoms with Crippen LogP contribution in [0.25, 0.3) is 0 Å². The smallest absolute Gasteiger partial charge is 0.338 e. The van der Waals surface area contributed by atoms with E-state index in [9.17, 15) is 9.59 Å². The number of carbonyl (C=O) groups is 2. The minimum atomic E-state index is -0.337. The molecular formula is C15H21NO4. The normalized spacial score (nSPS) is 9.95. The van der Waals surface area contributed by atoms with Gasteiger partial charge in [0, 0.05) is 20.5 Å². The van der Waals surface area contributed by atoms with Crippen molar-refractivity contribution in [2.24, 2.45) is 0 Å². The highest BCUT2D eigenvalue weighted by atomic mass is 16.5. The summed E-state index contributed by atoms with van der Waals surface area (Å²) in [7, 11) is 3.47. The van der Waals surface area contributed by atoms with Crippen molar-refractivity contribution < 1.29 is 19.1 Å². The maximum absolute atomic E-state index is 11.4. The summed E-state index contributed by atoms with van der Waals surface area (Å²) in [5.41, 5.74) is 0.502. The van der Waals surface area contributed by atoms with Gasteiger partial charge < -0.3 is 14.4 Å². The summed E-state index contributed by atoms with van der Waals surface area (Å²) in [5.74, 6) is 0.428. The lowest BCUT2D eigenvalue weighted by atomic mass is 10.2. The van der Waals surface area contributed by atoms with Crippen LogP contribution in [0.1, 0.15) is 30.1 Å². The van der Waals surface area contributed by atoms with Gasteiger partial charge in [0.15, 0.2) is 0 Å². The van der Waals surface area contributed by atoms with E-state index in [-0.39, 0.29) is 11.9 Å². The molecule has 0 aliphatic carbocycles. The Kier molecular flexibility index (Phi) is 6.56. The molecule has 0 fully saturated rings. The summed E-state index contributed by atoms with van der Waals surface area (Å²) in [6.45, 7) is 2.60. The molecule has 1 amide bonds. The van der Waals surface area contributed by atoms with Gasteiger partial charge in [0.1, 0.15) is 5.75 Å². The van der Waals surface area contributed by atoms with Crippen LogP contribution in [-0.4, -0.2) is 44.1 Å². The van der Waals surface area contributed by atoms with Crippen LogP contribution in [0.15, 0.2) is 24.3 Å². The predicted molar refractivity (Wildman–Crippen MR) is 75.8 cm³/mol. The Bertz CT molecular complexity index is 440. The fraction of sp³-hybridized carbons (Fsp3) is 0.467. The molecule has 110 valence electrons. The fourth-order valence-electron chi connectivity index (χ4n) is 1.54. The molecule has 0 heterocycles. The number of amides is 1. The topological polar surface area (TPSA) is 55.8 Å². The minimum absolute atomic E-state index is 0.0891. The van der Waals surface area contributed by atoms with Crippen LogP contribution < -0.4 is 4.74 Å². The second-order valence-electron chi connectivity index (χ2n) is 4.49. The first-order chi connectivity index (χ1) is 9.54. The molecule has 0 spiro atoms. The molecular weight excluding hydrogens is 258 g/mol. The third kappa shape index (κ3) is 5.30. The van der Waals surface area contributed by atoms with E-state index in [0.717, 1.165) is 0 Å². The van der Waals surface area contributed by atoms with Gasteiger partial charge in [0.2, 0.25) is 5.91 Å². The number of nitrogens with zero attached hydrogens (tertiary/aromatic N) is 1. The molecule has 0 atom stereocenters. The molecule has 1 rings (SSSR count). The second kappa shape index (κ2) is 8.19. The Hall–Kier alpha value is -2.04. The quantitative estimate of drug-likeness (QED) is 0.566. The number of rotatable bonds is 7. The summed E-state index contributed by atoms with van der Waals surface area (Å²) in [5, 5.41) is 0. The van der Waals surface area contributed by atoms with Crippen molar-refractivity contribution in [2.45, 2.75) is 19.8 Å². The van der Waals surface area contributed by atoms with Gasteiger partial charge in [-0.05, 0) is 37.6 Å². The third-order valence-electron chi connectivity index (χ3n) is 2.67. The fourth-order valence-corrected chi connectivity index (χ4v) is 1.54. The second-order valence-corrected chi connectivity index (χ2v) is 4.49. The summed E-state index contributed by atoms with van der Waals surface area (Å²) < 4.78 is 10.4. The number of hydrogen-bond acceptors (Lipinski definition) is 4. The molecule has 0 bridgehead atoms. The molecule has 0 aliphatic rings. The highest BCUT2D eigenvalue weighted by Crippen LogP contribution is 2.13. The van der Waals surface area contributed by atoms with Gasteiger partial charge in [0.05, 0.1) is 18.8 Å². The molecule has 5 nitrogen and oxygen atoms in total. The number of ether oxygens (including phenoxy) is 2. The van der Waals surface area contributed by atoms with Gasteiger partial charge in [-0.2, -0.15) is 0 Å². The maximum Gasteiger partial charge on any atom is 0.338 e. The van der Waals surface area contributed by atoms with E-state index < -0.39 is 0 Å². The summed E-state index contributed by atoms with van der Waals surface area (Å²) in [6, 6.07) is 6.77. The van der Waals surface area contributed by atoms with Crippen LogP contribution in [0.3, 0.4) is 0 Å². The maximum atomic E-state index is 11.4. The van der Waals surface area contributed by atoms with Crippen molar-refractivity contribution in [2.75, 3.05) is 27.3 Å². The number of carbonyl (C=O) groups excluding carboxylic acids is 2. The Morgan fingerprint density at radius 3 is 2.35 bits per heavy atom. The van der Waals surface area contributed by atoms with Gasteiger partial charge in [-0.3, -0.25) is 4.79 Å². The first-order valence-corrected chi connectivity index (χ1v) is 6.64. The Morgan fingerprint density at radius 1 is 1.15 bits per heavy atom. The molecule has 1 aromatic rings. The Labute approximate surface area is 119 Å². The molecule has 0 saturated carbocycles. The lowest BCUT2D eigenvalue weighted by molar-refractivity contribution is -0.128.